The lowest BCUT2D eigenvalue weighted by atomic mass is 10.2. The molecule has 1 heterocycles. The van der Waals surface area contributed by atoms with E-state index >= 15 is 0 Å². The van der Waals surface area contributed by atoms with Gasteiger partial charge in [0.2, 0.25) is 5.91 Å². The van der Waals surface area contributed by atoms with E-state index in [2.05, 4.69) is 26.5 Å². The van der Waals surface area contributed by atoms with E-state index < -0.39 is 0 Å². The fraction of sp³-hybridized carbons (Fsp3) is 0.0769. The lowest BCUT2D eigenvalue weighted by Gasteiger charge is -1.97. The van der Waals surface area contributed by atoms with Crippen molar-refractivity contribution in [1.82, 2.24) is 5.43 Å². The fourth-order valence-electron chi connectivity index (χ4n) is 1.34. The van der Waals surface area contributed by atoms with Gasteiger partial charge in [0, 0.05) is 9.35 Å². The van der Waals surface area contributed by atoms with Gasteiger partial charge in [-0.05, 0) is 29.1 Å². The largest absolute Gasteiger partial charge is 0.273 e. The van der Waals surface area contributed by atoms with Gasteiger partial charge in [-0.1, -0.05) is 34.1 Å². The Kier molecular flexibility index (Phi) is 4.66. The zero-order valence-corrected chi connectivity index (χ0v) is 11.9. The Morgan fingerprint density at radius 2 is 2.11 bits per heavy atom. The maximum Gasteiger partial charge on any atom is 0.245 e. The Morgan fingerprint density at radius 3 is 2.78 bits per heavy atom. The van der Waals surface area contributed by atoms with Crippen LogP contribution >= 0.6 is 27.3 Å². The Balaban J connectivity index is 1.84. The van der Waals surface area contributed by atoms with E-state index in [1.165, 1.54) is 0 Å². The molecule has 3 nitrogen and oxygen atoms in total. The SMILES string of the molecule is O=C(Cc1cccs1)N/N=C\c1ccc(Br)cc1. The molecule has 18 heavy (non-hydrogen) atoms. The number of hydrogen-bond donors (Lipinski definition) is 1. The topological polar surface area (TPSA) is 41.5 Å². The summed E-state index contributed by atoms with van der Waals surface area (Å²) < 4.78 is 1.02. The van der Waals surface area contributed by atoms with Crippen LogP contribution in [-0.2, 0) is 11.2 Å². The van der Waals surface area contributed by atoms with Crippen molar-refractivity contribution in [3.63, 3.8) is 0 Å². The first-order valence-electron chi connectivity index (χ1n) is 5.34. The second-order valence-corrected chi connectivity index (χ2v) is 5.55. The van der Waals surface area contributed by atoms with E-state index in [4.69, 9.17) is 0 Å². The van der Waals surface area contributed by atoms with Crippen molar-refractivity contribution in [2.75, 3.05) is 0 Å². The fourth-order valence-corrected chi connectivity index (χ4v) is 2.31. The highest BCUT2D eigenvalue weighted by molar-refractivity contribution is 9.10. The average molecular weight is 323 g/mol. The monoisotopic (exact) mass is 322 g/mol. The van der Waals surface area contributed by atoms with Crippen molar-refractivity contribution in [3.8, 4) is 0 Å². The maximum absolute atomic E-state index is 11.5. The molecule has 0 saturated carbocycles. The summed E-state index contributed by atoms with van der Waals surface area (Å²) >= 11 is 4.92. The summed E-state index contributed by atoms with van der Waals surface area (Å²) in [6.45, 7) is 0. The molecular formula is C13H11BrN2OS. The molecule has 2 aromatic rings. The molecule has 0 aliphatic carbocycles. The molecule has 0 aliphatic heterocycles. The minimum absolute atomic E-state index is 0.106. The molecule has 2 rings (SSSR count). The van der Waals surface area contributed by atoms with Gasteiger partial charge in [0.05, 0.1) is 12.6 Å². The van der Waals surface area contributed by atoms with Gasteiger partial charge in [-0.25, -0.2) is 5.43 Å². The standard InChI is InChI=1S/C13H11BrN2OS/c14-11-5-3-10(4-6-11)9-15-16-13(17)8-12-2-1-7-18-12/h1-7,9H,8H2,(H,16,17)/b15-9-. The smallest absolute Gasteiger partial charge is 0.245 e. The summed E-state index contributed by atoms with van der Waals surface area (Å²) in [6, 6.07) is 11.5. The first kappa shape index (κ1) is 13.0. The van der Waals surface area contributed by atoms with Crippen LogP contribution in [0.15, 0.2) is 51.4 Å². The van der Waals surface area contributed by atoms with E-state index in [9.17, 15) is 4.79 Å². The van der Waals surface area contributed by atoms with Gasteiger partial charge in [-0.2, -0.15) is 5.10 Å². The number of hydrogen-bond acceptors (Lipinski definition) is 3. The molecule has 0 unspecified atom stereocenters. The van der Waals surface area contributed by atoms with Crippen LogP contribution in [0, 0.1) is 0 Å². The van der Waals surface area contributed by atoms with E-state index in [1.54, 1.807) is 17.6 Å². The number of amides is 1. The zero-order valence-electron chi connectivity index (χ0n) is 9.47. The van der Waals surface area contributed by atoms with E-state index in [0.29, 0.717) is 6.42 Å². The van der Waals surface area contributed by atoms with Gasteiger partial charge in [-0.3, -0.25) is 4.79 Å². The highest BCUT2D eigenvalue weighted by Gasteiger charge is 2.01. The van der Waals surface area contributed by atoms with Crippen molar-refractivity contribution < 1.29 is 4.79 Å². The summed E-state index contributed by atoms with van der Waals surface area (Å²) in [7, 11) is 0. The number of nitrogens with zero attached hydrogens (tertiary/aromatic N) is 1. The van der Waals surface area contributed by atoms with Gasteiger partial charge in [0.15, 0.2) is 0 Å². The Labute approximate surface area is 118 Å². The molecule has 1 aromatic carbocycles. The number of rotatable bonds is 4. The van der Waals surface area contributed by atoms with Crippen LogP contribution in [-0.4, -0.2) is 12.1 Å². The van der Waals surface area contributed by atoms with Gasteiger partial charge >= 0.3 is 0 Å². The molecule has 5 heteroatoms. The molecule has 0 aliphatic rings. The molecule has 0 radical (unpaired) electrons. The zero-order chi connectivity index (χ0) is 12.8. The number of carbonyl (C=O) groups is 1. The minimum Gasteiger partial charge on any atom is -0.273 e. The Bertz CT molecular complexity index is 535. The molecule has 1 amide bonds. The summed E-state index contributed by atoms with van der Waals surface area (Å²) in [4.78, 5) is 12.6. The molecule has 0 atom stereocenters. The first-order chi connectivity index (χ1) is 8.74. The third-order valence-electron chi connectivity index (χ3n) is 2.19. The van der Waals surface area contributed by atoms with Crippen molar-refractivity contribution >= 4 is 39.4 Å². The Morgan fingerprint density at radius 1 is 1.33 bits per heavy atom. The summed E-state index contributed by atoms with van der Waals surface area (Å²) in [6.07, 6.45) is 1.99. The van der Waals surface area contributed by atoms with Crippen LogP contribution in [0.25, 0.3) is 0 Å². The minimum atomic E-state index is -0.106. The predicted octanol–water partition coefficient (Wildman–Crippen LogP) is 3.20. The Hall–Kier alpha value is -1.46. The molecule has 0 bridgehead atoms. The van der Waals surface area contributed by atoms with Gasteiger partial charge < -0.3 is 0 Å². The second kappa shape index (κ2) is 6.47. The van der Waals surface area contributed by atoms with Gasteiger partial charge in [0.25, 0.3) is 0 Å². The number of hydrazone groups is 1. The number of carbonyl (C=O) groups excluding carboxylic acids is 1. The third kappa shape index (κ3) is 4.09. The molecule has 1 N–H and O–H groups in total. The number of benzene rings is 1. The van der Waals surface area contributed by atoms with Crippen LogP contribution in [0.2, 0.25) is 0 Å². The van der Waals surface area contributed by atoms with Gasteiger partial charge in [0.1, 0.15) is 0 Å². The molecule has 0 fully saturated rings. The lowest BCUT2D eigenvalue weighted by Crippen LogP contribution is -2.19. The van der Waals surface area contributed by atoms with Crippen LogP contribution in [0.4, 0.5) is 0 Å². The quantitative estimate of drug-likeness (QED) is 0.681. The van der Waals surface area contributed by atoms with E-state index in [1.807, 2.05) is 41.8 Å². The molecule has 1 aromatic heterocycles. The van der Waals surface area contributed by atoms with Crippen molar-refractivity contribution in [1.29, 1.82) is 0 Å². The van der Waals surface area contributed by atoms with Crippen LogP contribution in [0.5, 0.6) is 0 Å². The lowest BCUT2D eigenvalue weighted by molar-refractivity contribution is -0.120. The first-order valence-corrected chi connectivity index (χ1v) is 7.01. The summed E-state index contributed by atoms with van der Waals surface area (Å²) in [5, 5.41) is 5.87. The van der Waals surface area contributed by atoms with Gasteiger partial charge in [-0.15, -0.1) is 11.3 Å². The van der Waals surface area contributed by atoms with Crippen LogP contribution < -0.4 is 5.43 Å². The normalized spacial score (nSPS) is 10.7. The molecule has 0 spiro atoms. The number of nitrogens with one attached hydrogen (secondary N) is 1. The van der Waals surface area contributed by atoms with Crippen molar-refractivity contribution in [2.45, 2.75) is 6.42 Å². The van der Waals surface area contributed by atoms with Crippen molar-refractivity contribution in [3.05, 3.63) is 56.7 Å². The molecule has 0 saturated heterocycles. The van der Waals surface area contributed by atoms with E-state index in [-0.39, 0.29) is 5.91 Å². The number of halogens is 1. The average Bonchev–Trinajstić information content (AvgIpc) is 2.84. The highest BCUT2D eigenvalue weighted by Crippen LogP contribution is 2.09. The maximum atomic E-state index is 11.5. The third-order valence-corrected chi connectivity index (χ3v) is 3.59. The molecular weight excluding hydrogens is 312 g/mol. The van der Waals surface area contributed by atoms with Crippen LogP contribution in [0.3, 0.4) is 0 Å². The summed E-state index contributed by atoms with van der Waals surface area (Å²) in [5.74, 6) is -0.106. The molecule has 92 valence electrons. The number of thiophene rings is 1. The summed E-state index contributed by atoms with van der Waals surface area (Å²) in [5.41, 5.74) is 3.45. The van der Waals surface area contributed by atoms with Crippen LogP contribution in [0.1, 0.15) is 10.4 Å². The van der Waals surface area contributed by atoms with E-state index in [0.717, 1.165) is 14.9 Å². The second-order valence-electron chi connectivity index (χ2n) is 3.60. The van der Waals surface area contributed by atoms with Crippen molar-refractivity contribution in [2.24, 2.45) is 5.10 Å². The predicted molar refractivity (Wildman–Crippen MR) is 77.9 cm³/mol. The highest BCUT2D eigenvalue weighted by atomic mass is 79.9.